The van der Waals surface area contributed by atoms with E-state index in [1.54, 1.807) is 12.3 Å². The number of nitrogens with zero attached hydrogens (tertiary/aromatic N) is 1. The molecule has 0 saturated carbocycles. The van der Waals surface area contributed by atoms with Gasteiger partial charge >= 0.3 is 0 Å². The predicted octanol–water partition coefficient (Wildman–Crippen LogP) is 1.47. The molecule has 0 bridgehead atoms. The second-order valence-electron chi connectivity index (χ2n) is 2.91. The Labute approximate surface area is 88.6 Å². The molecule has 14 heavy (non-hydrogen) atoms. The fraction of sp³-hybridized carbons (Fsp3) is 0.111. The zero-order valence-electron chi connectivity index (χ0n) is 7.25. The lowest BCUT2D eigenvalue weighted by molar-refractivity contribution is 0.100. The Hall–Kier alpha value is -1.20. The lowest BCUT2D eigenvalue weighted by Gasteiger charge is -2.00. The Morgan fingerprint density at radius 1 is 1.57 bits per heavy atom. The van der Waals surface area contributed by atoms with Crippen LogP contribution >= 0.6 is 15.9 Å². The van der Waals surface area contributed by atoms with Gasteiger partial charge in [-0.05, 0) is 12.1 Å². The summed E-state index contributed by atoms with van der Waals surface area (Å²) in [6.45, 7) is 0.0106. The largest absolute Gasteiger partial charge is 0.324 e. The number of ketones is 1. The second kappa shape index (κ2) is 3.51. The zero-order valence-corrected chi connectivity index (χ0v) is 8.84. The van der Waals surface area contributed by atoms with Crippen molar-refractivity contribution in [3.05, 3.63) is 28.4 Å². The third-order valence-corrected chi connectivity index (χ3v) is 2.47. The quantitative estimate of drug-likeness (QED) is 0.797. The Morgan fingerprint density at radius 2 is 2.36 bits per heavy atom. The molecule has 2 rings (SSSR count). The van der Waals surface area contributed by atoms with Crippen LogP contribution in [0.2, 0.25) is 0 Å². The average molecular weight is 254 g/mol. The van der Waals surface area contributed by atoms with Crippen LogP contribution in [0.3, 0.4) is 0 Å². The number of carbonyl (C=O) groups excluding carboxylic acids is 1. The van der Waals surface area contributed by atoms with Gasteiger partial charge in [0.15, 0.2) is 5.78 Å². The van der Waals surface area contributed by atoms with E-state index in [0.717, 1.165) is 15.4 Å². The molecule has 0 unspecified atom stereocenters. The molecule has 3 N–H and O–H groups in total. The summed E-state index contributed by atoms with van der Waals surface area (Å²) in [5.74, 6) is -0.0855. The number of nitrogens with one attached hydrogen (secondary N) is 1. The highest BCUT2D eigenvalue weighted by Crippen LogP contribution is 2.22. The van der Waals surface area contributed by atoms with Gasteiger partial charge in [0.2, 0.25) is 0 Å². The maximum Gasteiger partial charge on any atom is 0.177 e. The summed E-state index contributed by atoms with van der Waals surface area (Å²) < 4.78 is 0.839. The summed E-state index contributed by atoms with van der Waals surface area (Å²) in [7, 11) is 0. The summed E-state index contributed by atoms with van der Waals surface area (Å²) >= 11 is 3.32. The van der Waals surface area contributed by atoms with Gasteiger partial charge in [-0.25, -0.2) is 0 Å². The standard InChI is InChI=1S/C9H8BrN3O/c10-5-1-6(9(14)3-11)7-4-12-13-8(7)2-5/h1-2,4H,3,11H2,(H,12,13). The van der Waals surface area contributed by atoms with Crippen LogP contribution in [0.5, 0.6) is 0 Å². The molecule has 4 nitrogen and oxygen atoms in total. The minimum atomic E-state index is -0.0855. The lowest BCUT2D eigenvalue weighted by atomic mass is 10.1. The van der Waals surface area contributed by atoms with Crippen LogP contribution in [0, 0.1) is 0 Å². The molecule has 0 spiro atoms. The lowest BCUT2D eigenvalue weighted by Crippen LogP contribution is -2.13. The van der Waals surface area contributed by atoms with E-state index in [1.807, 2.05) is 6.07 Å². The van der Waals surface area contributed by atoms with Gasteiger partial charge in [0.1, 0.15) is 0 Å². The van der Waals surface area contributed by atoms with Crippen LogP contribution in [0.25, 0.3) is 10.9 Å². The Kier molecular flexibility index (Phi) is 2.35. The van der Waals surface area contributed by atoms with Crippen molar-refractivity contribution in [2.45, 2.75) is 0 Å². The Bertz CT molecular complexity index is 492. The van der Waals surface area contributed by atoms with Gasteiger partial charge in [0.05, 0.1) is 18.3 Å². The fourth-order valence-electron chi connectivity index (χ4n) is 1.36. The van der Waals surface area contributed by atoms with Crippen molar-refractivity contribution >= 4 is 32.6 Å². The van der Waals surface area contributed by atoms with E-state index >= 15 is 0 Å². The van der Waals surface area contributed by atoms with Crippen molar-refractivity contribution in [1.82, 2.24) is 10.2 Å². The van der Waals surface area contributed by atoms with Gasteiger partial charge in [-0.1, -0.05) is 15.9 Å². The van der Waals surface area contributed by atoms with Crippen molar-refractivity contribution < 1.29 is 4.79 Å². The first-order valence-electron chi connectivity index (χ1n) is 4.08. The second-order valence-corrected chi connectivity index (χ2v) is 3.83. The molecule has 0 radical (unpaired) electrons. The summed E-state index contributed by atoms with van der Waals surface area (Å²) in [5, 5.41) is 7.50. The fourth-order valence-corrected chi connectivity index (χ4v) is 1.81. The molecule has 0 aliphatic carbocycles. The predicted molar refractivity (Wildman–Crippen MR) is 57.2 cm³/mol. The van der Waals surface area contributed by atoms with E-state index in [2.05, 4.69) is 26.1 Å². The van der Waals surface area contributed by atoms with Crippen molar-refractivity contribution in [2.24, 2.45) is 5.73 Å². The highest BCUT2D eigenvalue weighted by atomic mass is 79.9. The molecule has 0 fully saturated rings. The monoisotopic (exact) mass is 253 g/mol. The summed E-state index contributed by atoms with van der Waals surface area (Å²) in [6, 6.07) is 3.63. The van der Waals surface area contributed by atoms with E-state index in [-0.39, 0.29) is 12.3 Å². The number of carbonyl (C=O) groups is 1. The van der Waals surface area contributed by atoms with Gasteiger partial charge < -0.3 is 5.73 Å². The van der Waals surface area contributed by atoms with E-state index < -0.39 is 0 Å². The first kappa shape index (κ1) is 9.36. The van der Waals surface area contributed by atoms with Crippen LogP contribution in [-0.4, -0.2) is 22.5 Å². The molecule has 5 heteroatoms. The number of rotatable bonds is 2. The normalized spacial score (nSPS) is 10.7. The molecule has 1 heterocycles. The topological polar surface area (TPSA) is 71.8 Å². The molecule has 0 aliphatic rings. The molecule has 2 aromatic rings. The van der Waals surface area contributed by atoms with Crippen molar-refractivity contribution in [1.29, 1.82) is 0 Å². The minimum Gasteiger partial charge on any atom is -0.324 e. The molecule has 1 aromatic heterocycles. The van der Waals surface area contributed by atoms with Gasteiger partial charge in [-0.3, -0.25) is 9.89 Å². The first-order valence-corrected chi connectivity index (χ1v) is 4.87. The molecule has 0 atom stereocenters. The number of nitrogens with two attached hydrogens (primary N) is 1. The van der Waals surface area contributed by atoms with Gasteiger partial charge in [0.25, 0.3) is 0 Å². The highest BCUT2D eigenvalue weighted by Gasteiger charge is 2.10. The van der Waals surface area contributed by atoms with Crippen molar-refractivity contribution in [2.75, 3.05) is 6.54 Å². The van der Waals surface area contributed by atoms with Crippen LogP contribution in [-0.2, 0) is 0 Å². The number of aromatic nitrogens is 2. The van der Waals surface area contributed by atoms with Crippen molar-refractivity contribution in [3.63, 3.8) is 0 Å². The number of hydrogen-bond acceptors (Lipinski definition) is 3. The molecular formula is C9H8BrN3O. The zero-order chi connectivity index (χ0) is 10.1. The highest BCUT2D eigenvalue weighted by molar-refractivity contribution is 9.10. The van der Waals surface area contributed by atoms with Gasteiger partial charge in [-0.15, -0.1) is 0 Å². The van der Waals surface area contributed by atoms with Crippen LogP contribution < -0.4 is 5.73 Å². The van der Waals surface area contributed by atoms with Crippen LogP contribution in [0.1, 0.15) is 10.4 Å². The van der Waals surface area contributed by atoms with E-state index in [4.69, 9.17) is 5.73 Å². The van der Waals surface area contributed by atoms with Gasteiger partial charge in [0, 0.05) is 15.4 Å². The molecule has 0 aliphatic heterocycles. The van der Waals surface area contributed by atoms with E-state index in [0.29, 0.717) is 5.56 Å². The summed E-state index contributed by atoms with van der Waals surface area (Å²) in [5.41, 5.74) is 6.75. The van der Waals surface area contributed by atoms with E-state index in [1.165, 1.54) is 0 Å². The molecular weight excluding hydrogens is 246 g/mol. The Balaban J connectivity index is 2.72. The Morgan fingerprint density at radius 3 is 3.07 bits per heavy atom. The van der Waals surface area contributed by atoms with E-state index in [9.17, 15) is 4.79 Å². The smallest absolute Gasteiger partial charge is 0.177 e. The summed E-state index contributed by atoms with van der Waals surface area (Å²) in [4.78, 5) is 11.5. The number of Topliss-reactive ketones (excluding diaryl/α,β-unsaturated/α-hetero) is 1. The van der Waals surface area contributed by atoms with Crippen molar-refractivity contribution in [3.8, 4) is 0 Å². The first-order chi connectivity index (χ1) is 6.72. The molecule has 0 saturated heterocycles. The number of benzene rings is 1. The number of hydrogen-bond donors (Lipinski definition) is 2. The molecule has 0 amide bonds. The molecule has 1 aromatic carbocycles. The molecule has 72 valence electrons. The number of halogens is 1. The third kappa shape index (κ3) is 1.44. The van der Waals surface area contributed by atoms with Crippen LogP contribution in [0.4, 0.5) is 0 Å². The van der Waals surface area contributed by atoms with Crippen LogP contribution in [0.15, 0.2) is 22.8 Å². The maximum absolute atomic E-state index is 11.5. The van der Waals surface area contributed by atoms with Gasteiger partial charge in [-0.2, -0.15) is 5.10 Å². The third-order valence-electron chi connectivity index (χ3n) is 2.01. The SMILES string of the molecule is NCC(=O)c1cc(Br)cc2[nH]ncc12. The minimum absolute atomic E-state index is 0.0106. The average Bonchev–Trinajstić information content (AvgIpc) is 2.62. The number of H-pyrrole nitrogens is 1. The number of fused-ring (bicyclic) bond motifs is 1. The maximum atomic E-state index is 11.5. The number of aromatic amines is 1. The summed E-state index contributed by atoms with van der Waals surface area (Å²) in [6.07, 6.45) is 1.63.